The Balaban J connectivity index is 1.76. The Kier molecular flexibility index (Phi) is 7.61. The number of benzene rings is 1. The Bertz CT molecular complexity index is 679. The van der Waals surface area contributed by atoms with Crippen LogP contribution in [0.1, 0.15) is 19.8 Å². The molecule has 2 N–H and O–H groups in total. The van der Waals surface area contributed by atoms with E-state index in [0.717, 1.165) is 44.6 Å². The molecule has 1 aromatic rings. The second-order valence-corrected chi connectivity index (χ2v) is 6.72. The summed E-state index contributed by atoms with van der Waals surface area (Å²) in [6, 6.07) is 1.80. The first-order chi connectivity index (χ1) is 12.8. The van der Waals surface area contributed by atoms with Crippen molar-refractivity contribution in [3.05, 3.63) is 29.6 Å². The van der Waals surface area contributed by atoms with Gasteiger partial charge in [0.15, 0.2) is 17.5 Å². The SMILES string of the molecule is CCN1CCC(NC(=O)CN(C)CC(=O)Nc2ccc(F)c(F)c2F)CC1. The largest absolute Gasteiger partial charge is 0.352 e. The van der Waals surface area contributed by atoms with Crippen LogP contribution in [-0.2, 0) is 9.59 Å². The molecule has 2 rings (SSSR count). The lowest BCUT2D eigenvalue weighted by molar-refractivity contribution is -0.123. The molecule has 150 valence electrons. The van der Waals surface area contributed by atoms with Crippen molar-refractivity contribution in [3.63, 3.8) is 0 Å². The quantitative estimate of drug-likeness (QED) is 0.699. The van der Waals surface area contributed by atoms with Crippen LogP contribution in [0.3, 0.4) is 0 Å². The molecular weight excluding hydrogens is 361 g/mol. The van der Waals surface area contributed by atoms with E-state index in [9.17, 15) is 22.8 Å². The van der Waals surface area contributed by atoms with Gasteiger partial charge in [-0.25, -0.2) is 13.2 Å². The van der Waals surface area contributed by atoms with Gasteiger partial charge >= 0.3 is 0 Å². The number of piperidine rings is 1. The molecule has 9 heteroatoms. The normalized spacial score (nSPS) is 15.8. The molecule has 1 aromatic carbocycles. The molecule has 0 spiro atoms. The molecule has 27 heavy (non-hydrogen) atoms. The smallest absolute Gasteiger partial charge is 0.238 e. The van der Waals surface area contributed by atoms with Gasteiger partial charge in [0.1, 0.15) is 0 Å². The molecule has 2 amide bonds. The highest BCUT2D eigenvalue weighted by atomic mass is 19.2. The van der Waals surface area contributed by atoms with Crippen LogP contribution in [0.4, 0.5) is 18.9 Å². The van der Waals surface area contributed by atoms with Crippen LogP contribution in [-0.4, -0.2) is 67.4 Å². The van der Waals surface area contributed by atoms with Crippen LogP contribution in [0.25, 0.3) is 0 Å². The Morgan fingerprint density at radius 3 is 2.37 bits per heavy atom. The first-order valence-electron chi connectivity index (χ1n) is 8.93. The van der Waals surface area contributed by atoms with Crippen molar-refractivity contribution >= 4 is 17.5 Å². The molecule has 1 fully saturated rings. The zero-order chi connectivity index (χ0) is 20.0. The van der Waals surface area contributed by atoms with Gasteiger partial charge in [0.05, 0.1) is 18.8 Å². The summed E-state index contributed by atoms with van der Waals surface area (Å²) in [7, 11) is 1.57. The average molecular weight is 386 g/mol. The maximum Gasteiger partial charge on any atom is 0.238 e. The van der Waals surface area contributed by atoms with Gasteiger partial charge < -0.3 is 15.5 Å². The summed E-state index contributed by atoms with van der Waals surface area (Å²) in [5, 5.41) is 5.13. The van der Waals surface area contributed by atoms with E-state index in [2.05, 4.69) is 22.5 Å². The van der Waals surface area contributed by atoms with Gasteiger partial charge in [0.25, 0.3) is 0 Å². The van der Waals surface area contributed by atoms with Crippen molar-refractivity contribution in [1.82, 2.24) is 15.1 Å². The lowest BCUT2D eigenvalue weighted by atomic mass is 10.1. The monoisotopic (exact) mass is 386 g/mol. The maximum absolute atomic E-state index is 13.6. The van der Waals surface area contributed by atoms with Crippen LogP contribution in [0.5, 0.6) is 0 Å². The highest BCUT2D eigenvalue weighted by Gasteiger charge is 2.21. The highest BCUT2D eigenvalue weighted by molar-refractivity contribution is 5.92. The van der Waals surface area contributed by atoms with Gasteiger partial charge in [-0.2, -0.15) is 0 Å². The fourth-order valence-corrected chi connectivity index (χ4v) is 3.03. The minimum Gasteiger partial charge on any atom is -0.352 e. The zero-order valence-corrected chi connectivity index (χ0v) is 15.5. The summed E-state index contributed by atoms with van der Waals surface area (Å²) in [4.78, 5) is 27.8. The number of likely N-dealkylation sites (N-methyl/N-ethyl adjacent to an activating group) is 1. The maximum atomic E-state index is 13.6. The van der Waals surface area contributed by atoms with Crippen molar-refractivity contribution in [2.45, 2.75) is 25.8 Å². The molecule has 0 unspecified atom stereocenters. The van der Waals surface area contributed by atoms with E-state index in [4.69, 9.17) is 0 Å². The highest BCUT2D eigenvalue weighted by Crippen LogP contribution is 2.19. The molecule has 0 saturated carbocycles. The molecule has 1 aliphatic heterocycles. The second-order valence-electron chi connectivity index (χ2n) is 6.72. The summed E-state index contributed by atoms with van der Waals surface area (Å²) in [5.41, 5.74) is -0.445. The zero-order valence-electron chi connectivity index (χ0n) is 15.5. The minimum atomic E-state index is -1.64. The van der Waals surface area contributed by atoms with E-state index in [0.29, 0.717) is 0 Å². The van der Waals surface area contributed by atoms with Gasteiger partial charge in [-0.3, -0.25) is 14.5 Å². The van der Waals surface area contributed by atoms with E-state index >= 15 is 0 Å². The summed E-state index contributed by atoms with van der Waals surface area (Å²) < 4.78 is 39.7. The number of amides is 2. The third kappa shape index (κ3) is 6.21. The number of hydrogen-bond donors (Lipinski definition) is 2. The molecule has 0 bridgehead atoms. The molecule has 0 aliphatic carbocycles. The van der Waals surface area contributed by atoms with Crippen LogP contribution in [0.15, 0.2) is 12.1 Å². The first-order valence-corrected chi connectivity index (χ1v) is 8.93. The van der Waals surface area contributed by atoms with E-state index in [1.807, 2.05) is 0 Å². The summed E-state index contributed by atoms with van der Waals surface area (Å²) in [6.45, 7) is 4.79. The molecule has 6 nitrogen and oxygen atoms in total. The Hall–Kier alpha value is -2.13. The third-order valence-corrected chi connectivity index (χ3v) is 4.54. The predicted molar refractivity (Wildman–Crippen MR) is 95.7 cm³/mol. The molecule has 1 heterocycles. The Labute approximate surface area is 156 Å². The van der Waals surface area contributed by atoms with Crippen molar-refractivity contribution < 1.29 is 22.8 Å². The standard InChI is InChI=1S/C18H25F3N4O2/c1-3-25-8-6-12(7-9-25)22-15(26)10-24(2)11-16(27)23-14-5-4-13(19)17(20)18(14)21/h4-5,12H,3,6-11H2,1-2H3,(H,22,26)(H,23,27). The number of halogens is 3. The lowest BCUT2D eigenvalue weighted by Crippen LogP contribution is -2.47. The number of nitrogens with zero attached hydrogens (tertiary/aromatic N) is 2. The summed E-state index contributed by atoms with van der Waals surface area (Å²) in [5.74, 6) is -5.26. The predicted octanol–water partition coefficient (Wildman–Crippen LogP) is 1.57. The fraction of sp³-hybridized carbons (Fsp3) is 0.556. The van der Waals surface area contributed by atoms with Crippen molar-refractivity contribution in [2.75, 3.05) is 45.1 Å². The number of rotatable bonds is 7. The number of likely N-dealkylation sites (tertiary alicyclic amines) is 1. The van der Waals surface area contributed by atoms with Gasteiger partial charge in [0, 0.05) is 19.1 Å². The van der Waals surface area contributed by atoms with E-state index in [1.165, 1.54) is 4.90 Å². The molecule has 0 aromatic heterocycles. The summed E-state index contributed by atoms with van der Waals surface area (Å²) >= 11 is 0. The van der Waals surface area contributed by atoms with Crippen molar-refractivity contribution in [1.29, 1.82) is 0 Å². The third-order valence-electron chi connectivity index (χ3n) is 4.54. The van der Waals surface area contributed by atoms with E-state index in [1.54, 1.807) is 7.05 Å². The number of anilines is 1. The van der Waals surface area contributed by atoms with Gasteiger partial charge in [-0.1, -0.05) is 6.92 Å². The van der Waals surface area contributed by atoms with Gasteiger partial charge in [-0.15, -0.1) is 0 Å². The van der Waals surface area contributed by atoms with Crippen LogP contribution < -0.4 is 10.6 Å². The molecule has 1 aliphatic rings. The van der Waals surface area contributed by atoms with Crippen molar-refractivity contribution in [2.24, 2.45) is 0 Å². The molecule has 0 radical (unpaired) electrons. The summed E-state index contributed by atoms with van der Waals surface area (Å²) in [6.07, 6.45) is 1.78. The Morgan fingerprint density at radius 2 is 1.74 bits per heavy atom. The average Bonchev–Trinajstić information content (AvgIpc) is 2.62. The van der Waals surface area contributed by atoms with Crippen LogP contribution in [0, 0.1) is 17.5 Å². The first kappa shape index (κ1) is 21.2. The van der Waals surface area contributed by atoms with E-state index in [-0.39, 0.29) is 25.0 Å². The molecular formula is C18H25F3N4O2. The number of hydrogen-bond acceptors (Lipinski definition) is 4. The Morgan fingerprint density at radius 1 is 1.11 bits per heavy atom. The number of carbonyl (C=O) groups excluding carboxylic acids is 2. The second kappa shape index (κ2) is 9.70. The minimum absolute atomic E-state index is 0.00166. The van der Waals surface area contributed by atoms with Crippen molar-refractivity contribution in [3.8, 4) is 0 Å². The number of nitrogens with one attached hydrogen (secondary N) is 2. The van der Waals surface area contributed by atoms with Gasteiger partial charge in [-0.05, 0) is 38.6 Å². The molecule has 1 saturated heterocycles. The van der Waals surface area contributed by atoms with Crippen LogP contribution in [0.2, 0.25) is 0 Å². The molecule has 0 atom stereocenters. The number of carbonyl (C=O) groups is 2. The van der Waals surface area contributed by atoms with E-state index < -0.39 is 29.0 Å². The fourth-order valence-electron chi connectivity index (χ4n) is 3.03. The van der Waals surface area contributed by atoms with Gasteiger partial charge in [0.2, 0.25) is 11.8 Å². The lowest BCUT2D eigenvalue weighted by Gasteiger charge is -2.31. The van der Waals surface area contributed by atoms with Crippen LogP contribution >= 0.6 is 0 Å². The topological polar surface area (TPSA) is 64.7 Å².